The first-order valence-electron chi connectivity index (χ1n) is 15.9. The Balaban J connectivity index is 1.87. The van der Waals surface area contributed by atoms with Crippen LogP contribution in [0.25, 0.3) is 22.3 Å². The highest BCUT2D eigenvalue weighted by molar-refractivity contribution is 7.67. The second kappa shape index (κ2) is 12.4. The van der Waals surface area contributed by atoms with E-state index in [0.29, 0.717) is 0 Å². The molecule has 0 bridgehead atoms. The van der Waals surface area contributed by atoms with E-state index in [2.05, 4.69) is 97.0 Å². The summed E-state index contributed by atoms with van der Waals surface area (Å²) in [6.45, 7) is 15.8. The number of hydrogen-bond donors (Lipinski definition) is 0. The molecule has 0 saturated heterocycles. The number of aryl methyl sites for hydroxylation is 3. The molecule has 0 spiro atoms. The van der Waals surface area contributed by atoms with Crippen LogP contribution in [0.4, 0.5) is 0 Å². The van der Waals surface area contributed by atoms with Gasteiger partial charge in [-0.3, -0.25) is 0 Å². The summed E-state index contributed by atoms with van der Waals surface area (Å²) in [7, 11) is -0.384. The van der Waals surface area contributed by atoms with Gasteiger partial charge in [0, 0.05) is 10.9 Å². The molecule has 0 radical (unpaired) electrons. The zero-order valence-corrected chi connectivity index (χ0v) is 27.1. The summed E-state index contributed by atoms with van der Waals surface area (Å²) >= 11 is 0. The van der Waals surface area contributed by atoms with E-state index >= 15 is 0 Å². The minimum atomic E-state index is -0.384. The Morgan fingerprint density at radius 1 is 0.600 bits per heavy atom. The topological polar surface area (TPSA) is 9.23 Å². The van der Waals surface area contributed by atoms with Crippen LogP contribution < -0.4 is 10.0 Å². The predicted octanol–water partition coefficient (Wildman–Crippen LogP) is 11.2. The van der Waals surface area contributed by atoms with Gasteiger partial charge in [0.2, 0.25) is 0 Å². The molecule has 2 heteroatoms. The van der Waals surface area contributed by atoms with Crippen molar-refractivity contribution < 1.29 is 4.74 Å². The Kier molecular flexibility index (Phi) is 9.11. The van der Waals surface area contributed by atoms with E-state index in [-0.39, 0.29) is 13.5 Å². The second-order valence-electron chi connectivity index (χ2n) is 13.6. The Bertz CT molecular complexity index is 1280. The first-order valence-corrected chi connectivity index (χ1v) is 17.4. The molecule has 1 nitrogen and oxygen atoms in total. The maximum absolute atomic E-state index is 7.23. The van der Waals surface area contributed by atoms with E-state index in [1.807, 2.05) is 0 Å². The smallest absolute Gasteiger partial charge is 0.136 e. The van der Waals surface area contributed by atoms with Crippen molar-refractivity contribution in [3.63, 3.8) is 0 Å². The molecule has 2 saturated carbocycles. The van der Waals surface area contributed by atoms with Gasteiger partial charge in [-0.1, -0.05) is 88.9 Å². The Hall–Kier alpha value is -2.11. The molecular weight excluding hydrogens is 503 g/mol. The van der Waals surface area contributed by atoms with E-state index in [1.165, 1.54) is 114 Å². The minimum absolute atomic E-state index is 0.277. The summed E-state index contributed by atoms with van der Waals surface area (Å²) in [6.07, 6.45) is 13.9. The van der Waals surface area contributed by atoms with Gasteiger partial charge in [0.25, 0.3) is 0 Å². The average molecular weight is 555 g/mol. The maximum atomic E-state index is 7.23. The molecule has 5 rings (SSSR count). The summed E-state index contributed by atoms with van der Waals surface area (Å²) in [4.78, 5) is 0. The lowest BCUT2D eigenvalue weighted by Crippen LogP contribution is -2.32. The molecule has 0 unspecified atom stereocenters. The molecule has 3 aromatic carbocycles. The highest BCUT2D eigenvalue weighted by atomic mass is 31.1. The molecule has 40 heavy (non-hydrogen) atoms. The Morgan fingerprint density at radius 2 is 1.10 bits per heavy atom. The Morgan fingerprint density at radius 3 is 1.65 bits per heavy atom. The van der Waals surface area contributed by atoms with E-state index in [4.69, 9.17) is 4.74 Å². The third-order valence-corrected chi connectivity index (χ3v) is 12.9. The first kappa shape index (κ1) is 29.4. The van der Waals surface area contributed by atoms with E-state index in [1.54, 1.807) is 5.30 Å². The van der Waals surface area contributed by atoms with Crippen molar-refractivity contribution in [2.45, 2.75) is 130 Å². The summed E-state index contributed by atoms with van der Waals surface area (Å²) in [6, 6.07) is 18.5. The van der Waals surface area contributed by atoms with E-state index in [9.17, 15) is 0 Å². The molecule has 2 aliphatic carbocycles. The summed E-state index contributed by atoms with van der Waals surface area (Å²) in [5.74, 6) is 1.18. The van der Waals surface area contributed by atoms with Crippen LogP contribution in [0, 0.1) is 27.7 Å². The zero-order valence-electron chi connectivity index (χ0n) is 26.2. The lowest BCUT2D eigenvalue weighted by Gasteiger charge is -2.41. The molecule has 2 aliphatic rings. The van der Waals surface area contributed by atoms with Crippen LogP contribution in [0.1, 0.15) is 107 Å². The number of benzene rings is 3. The van der Waals surface area contributed by atoms with Crippen molar-refractivity contribution in [3.8, 4) is 28.0 Å². The first-order chi connectivity index (χ1) is 19.2. The van der Waals surface area contributed by atoms with Gasteiger partial charge >= 0.3 is 0 Å². The average Bonchev–Trinajstić information content (AvgIpc) is 2.92. The van der Waals surface area contributed by atoms with E-state index < -0.39 is 0 Å². The second-order valence-corrected chi connectivity index (χ2v) is 16.3. The molecule has 0 aliphatic heterocycles. The van der Waals surface area contributed by atoms with Crippen molar-refractivity contribution in [3.05, 3.63) is 70.8 Å². The van der Waals surface area contributed by atoms with Crippen molar-refractivity contribution in [1.82, 2.24) is 0 Å². The molecule has 3 aromatic rings. The van der Waals surface area contributed by atoms with Crippen LogP contribution in [-0.4, -0.2) is 16.9 Å². The van der Waals surface area contributed by atoms with Crippen LogP contribution in [-0.2, 0) is 0 Å². The van der Waals surface area contributed by atoms with Gasteiger partial charge in [0.05, 0.1) is 0 Å². The van der Waals surface area contributed by atoms with Crippen molar-refractivity contribution in [2.75, 3.05) is 0 Å². The maximum Gasteiger partial charge on any atom is 0.136 e. The van der Waals surface area contributed by atoms with Gasteiger partial charge in [-0.05, 0) is 130 Å². The van der Waals surface area contributed by atoms with E-state index in [0.717, 1.165) is 11.3 Å². The molecule has 2 fully saturated rings. The largest absolute Gasteiger partial charge is 0.487 e. The highest BCUT2D eigenvalue weighted by Crippen LogP contribution is 2.59. The molecule has 0 heterocycles. The molecule has 214 valence electrons. The van der Waals surface area contributed by atoms with Crippen LogP contribution in [0.3, 0.4) is 0 Å². The predicted molar refractivity (Wildman–Crippen MR) is 177 cm³/mol. The van der Waals surface area contributed by atoms with Crippen LogP contribution in [0.2, 0.25) is 0 Å². The minimum Gasteiger partial charge on any atom is -0.487 e. The number of rotatable bonds is 6. The zero-order chi connectivity index (χ0) is 28.4. The summed E-state index contributed by atoms with van der Waals surface area (Å²) < 4.78 is 7.23. The van der Waals surface area contributed by atoms with Crippen LogP contribution in [0.15, 0.2) is 48.5 Å². The Labute approximate surface area is 245 Å². The van der Waals surface area contributed by atoms with Gasteiger partial charge in [-0.15, -0.1) is 0 Å². The van der Waals surface area contributed by atoms with Gasteiger partial charge in [0.1, 0.15) is 11.4 Å². The van der Waals surface area contributed by atoms with Crippen LogP contribution in [0.5, 0.6) is 5.75 Å². The third kappa shape index (κ3) is 6.21. The fraction of sp³-hybridized carbons (Fsp3) is 0.526. The fourth-order valence-electron chi connectivity index (χ4n) is 7.31. The third-order valence-electron chi connectivity index (χ3n) is 9.38. The standard InChI is InChI=1S/C38H51OP/c1-26-16-15-23-32(29(26)4)33-24-25-34(35-27(2)17-14-18-28(35)3)37(36(33)39-38(5,6)7)40(30-19-10-8-11-20-30)31-21-12-9-13-22-31/h14-18,23-25,30-31H,8-13,19-22H2,1-7H3. The normalized spacial score (nSPS) is 17.4. The molecule has 0 atom stereocenters. The highest BCUT2D eigenvalue weighted by Gasteiger charge is 2.38. The number of ether oxygens (including phenoxy) is 1. The van der Waals surface area contributed by atoms with Crippen molar-refractivity contribution in [2.24, 2.45) is 0 Å². The molecular formula is C38H51OP. The monoisotopic (exact) mass is 554 g/mol. The van der Waals surface area contributed by atoms with Crippen molar-refractivity contribution >= 4 is 13.2 Å². The lowest BCUT2D eigenvalue weighted by molar-refractivity contribution is 0.133. The SMILES string of the molecule is Cc1cccc(-c2ccc(-c3c(C)cccc3C)c(P(C3CCCCC3)C3CCCCC3)c2OC(C)(C)C)c1C. The van der Waals surface area contributed by atoms with Gasteiger partial charge < -0.3 is 4.74 Å². The van der Waals surface area contributed by atoms with Gasteiger partial charge in [-0.25, -0.2) is 0 Å². The summed E-state index contributed by atoms with van der Waals surface area (Å²) in [5, 5.41) is 1.58. The summed E-state index contributed by atoms with van der Waals surface area (Å²) in [5.41, 5.74) is 12.3. The quantitative estimate of drug-likeness (QED) is 0.275. The lowest BCUT2D eigenvalue weighted by atomic mass is 9.91. The van der Waals surface area contributed by atoms with Gasteiger partial charge in [-0.2, -0.15) is 0 Å². The molecule has 0 aromatic heterocycles. The van der Waals surface area contributed by atoms with Crippen LogP contribution >= 0.6 is 7.92 Å². The van der Waals surface area contributed by atoms with Crippen molar-refractivity contribution in [1.29, 1.82) is 0 Å². The number of hydrogen-bond acceptors (Lipinski definition) is 1. The molecule has 0 amide bonds. The fourth-order valence-corrected chi connectivity index (χ4v) is 11.3. The van der Waals surface area contributed by atoms with Gasteiger partial charge in [0.15, 0.2) is 0 Å². The molecule has 0 N–H and O–H groups in total.